The first-order valence-corrected chi connectivity index (χ1v) is 15.1. The van der Waals surface area contributed by atoms with Crippen molar-refractivity contribution in [3.8, 4) is 0 Å². The third kappa shape index (κ3) is 7.59. The number of ether oxygens (including phenoxy) is 2. The highest BCUT2D eigenvalue weighted by atomic mass is 28.3. The second kappa shape index (κ2) is 11.3. The molecule has 2 aromatic carbocycles. The van der Waals surface area contributed by atoms with Crippen LogP contribution >= 0.6 is 0 Å². The molecule has 1 saturated heterocycles. The highest BCUT2D eigenvalue weighted by Gasteiger charge is 2.35. The van der Waals surface area contributed by atoms with Gasteiger partial charge in [0.15, 0.2) is 0 Å². The molecule has 0 bridgehead atoms. The Balaban J connectivity index is 1.65. The van der Waals surface area contributed by atoms with Crippen molar-refractivity contribution >= 4 is 20.3 Å². The summed E-state index contributed by atoms with van der Waals surface area (Å²) in [5.74, 6) is -0.387. The van der Waals surface area contributed by atoms with Crippen molar-refractivity contribution in [1.82, 2.24) is 10.2 Å². The second-order valence-electron chi connectivity index (χ2n) is 9.58. The van der Waals surface area contributed by atoms with Gasteiger partial charge in [-0.2, -0.15) is 0 Å². The molecule has 0 aliphatic carbocycles. The Labute approximate surface area is 196 Å². The number of carbonyl (C=O) groups is 2. The lowest BCUT2D eigenvalue weighted by Crippen LogP contribution is -2.48. The summed E-state index contributed by atoms with van der Waals surface area (Å²) in [6.45, 7) is 7.54. The van der Waals surface area contributed by atoms with E-state index >= 15 is 0 Å². The summed E-state index contributed by atoms with van der Waals surface area (Å²) < 4.78 is 25.5. The van der Waals surface area contributed by atoms with Crippen LogP contribution in [0.25, 0.3) is 0 Å². The second-order valence-corrected chi connectivity index (χ2v) is 15.2. The molecule has 0 spiro atoms. The quantitative estimate of drug-likeness (QED) is 0.523. The van der Waals surface area contributed by atoms with E-state index in [9.17, 15) is 14.0 Å². The molecule has 0 aromatic heterocycles. The van der Waals surface area contributed by atoms with Crippen LogP contribution in [0.5, 0.6) is 0 Å². The fraction of sp³-hybridized carbons (Fsp3) is 0.440. The molecule has 2 amide bonds. The zero-order valence-corrected chi connectivity index (χ0v) is 20.6. The third-order valence-electron chi connectivity index (χ3n) is 5.71. The molecule has 1 N–H and O–H groups in total. The van der Waals surface area contributed by atoms with Crippen LogP contribution < -0.4 is 5.32 Å². The minimum absolute atomic E-state index is 0.144. The molecule has 2 atom stereocenters. The van der Waals surface area contributed by atoms with Crippen LogP contribution in [-0.2, 0) is 16.1 Å². The molecule has 0 unspecified atom stereocenters. The van der Waals surface area contributed by atoms with E-state index in [1.54, 1.807) is 23.1 Å². The molecule has 33 heavy (non-hydrogen) atoms. The molecular weight excluding hydrogens is 439 g/mol. The van der Waals surface area contributed by atoms with Crippen molar-refractivity contribution in [1.29, 1.82) is 0 Å². The van der Waals surface area contributed by atoms with Gasteiger partial charge in [0.1, 0.15) is 12.4 Å². The predicted octanol–water partition coefficient (Wildman–Crippen LogP) is 5.73. The number of rotatable bonds is 7. The van der Waals surface area contributed by atoms with Gasteiger partial charge in [-0.3, -0.25) is 0 Å². The largest absolute Gasteiger partial charge is 0.450 e. The molecule has 1 aliphatic rings. The van der Waals surface area contributed by atoms with Gasteiger partial charge < -0.3 is 19.7 Å². The van der Waals surface area contributed by atoms with Crippen LogP contribution in [0.2, 0.25) is 25.7 Å². The van der Waals surface area contributed by atoms with Gasteiger partial charge in [-0.15, -0.1) is 0 Å². The van der Waals surface area contributed by atoms with Crippen molar-refractivity contribution in [3.63, 3.8) is 0 Å². The average molecular weight is 473 g/mol. The number of halogens is 1. The summed E-state index contributed by atoms with van der Waals surface area (Å²) >= 11 is 0. The number of amides is 2. The van der Waals surface area contributed by atoms with Crippen molar-refractivity contribution in [3.05, 3.63) is 71.5 Å². The van der Waals surface area contributed by atoms with Crippen LogP contribution in [0.4, 0.5) is 14.0 Å². The van der Waals surface area contributed by atoms with E-state index in [1.165, 1.54) is 6.07 Å². The lowest BCUT2D eigenvalue weighted by molar-refractivity contribution is 0.0597. The van der Waals surface area contributed by atoms with Gasteiger partial charge in [0.05, 0.1) is 12.6 Å². The Morgan fingerprint density at radius 3 is 2.45 bits per heavy atom. The highest BCUT2D eigenvalue weighted by Crippen LogP contribution is 2.33. The van der Waals surface area contributed by atoms with E-state index in [-0.39, 0.29) is 18.5 Å². The highest BCUT2D eigenvalue weighted by molar-refractivity contribution is 6.76. The Bertz CT molecular complexity index is 936. The van der Waals surface area contributed by atoms with E-state index < -0.39 is 26.3 Å². The Morgan fingerprint density at radius 1 is 1.06 bits per heavy atom. The fourth-order valence-electron chi connectivity index (χ4n) is 3.82. The summed E-state index contributed by atoms with van der Waals surface area (Å²) in [6, 6.07) is 15.9. The smallest absolute Gasteiger partial charge is 0.410 e. The maximum atomic E-state index is 14.6. The van der Waals surface area contributed by atoms with Gasteiger partial charge in [0.2, 0.25) is 0 Å². The Hall–Kier alpha value is -2.87. The summed E-state index contributed by atoms with van der Waals surface area (Å²) in [4.78, 5) is 26.7. The van der Waals surface area contributed by atoms with Crippen molar-refractivity contribution in [2.24, 2.45) is 0 Å². The molecule has 1 fully saturated rings. The molecule has 1 heterocycles. The van der Waals surface area contributed by atoms with Crippen molar-refractivity contribution in [2.75, 3.05) is 13.2 Å². The monoisotopic (exact) mass is 472 g/mol. The number of piperidine rings is 1. The topological polar surface area (TPSA) is 67.9 Å². The summed E-state index contributed by atoms with van der Waals surface area (Å²) in [5, 5.41) is 2.89. The number of alkyl carbamates (subject to hydrolysis) is 1. The molecule has 3 rings (SSSR count). The van der Waals surface area contributed by atoms with Crippen LogP contribution in [0.15, 0.2) is 54.6 Å². The van der Waals surface area contributed by atoms with Crippen LogP contribution in [0.1, 0.15) is 30.0 Å². The van der Waals surface area contributed by atoms with Gasteiger partial charge in [-0.1, -0.05) is 68.2 Å². The van der Waals surface area contributed by atoms with E-state index in [0.29, 0.717) is 31.6 Å². The van der Waals surface area contributed by atoms with Gasteiger partial charge in [-0.25, -0.2) is 14.0 Å². The number of likely N-dealkylation sites (tertiary alicyclic amines) is 1. The van der Waals surface area contributed by atoms with Crippen molar-refractivity contribution in [2.45, 2.75) is 57.2 Å². The maximum Gasteiger partial charge on any atom is 0.410 e. The molecule has 0 radical (unpaired) electrons. The maximum absolute atomic E-state index is 14.6. The van der Waals surface area contributed by atoms with Gasteiger partial charge >= 0.3 is 12.2 Å². The molecule has 178 valence electrons. The number of hydrogen-bond donors (Lipinski definition) is 1. The van der Waals surface area contributed by atoms with Gasteiger partial charge in [0, 0.05) is 26.2 Å². The third-order valence-corrected chi connectivity index (χ3v) is 7.42. The summed E-state index contributed by atoms with van der Waals surface area (Å²) in [5.41, 5.74) is 1.29. The number of nitrogens with one attached hydrogen (secondary N) is 1. The lowest BCUT2D eigenvalue weighted by atomic mass is 9.92. The number of carbonyl (C=O) groups excluding carboxylic acids is 2. The minimum Gasteiger partial charge on any atom is -0.450 e. The molecular formula is C25H33FN2O4Si. The van der Waals surface area contributed by atoms with Gasteiger partial charge in [0.25, 0.3) is 0 Å². The van der Waals surface area contributed by atoms with Crippen LogP contribution in [0.3, 0.4) is 0 Å². The van der Waals surface area contributed by atoms with E-state index in [4.69, 9.17) is 9.47 Å². The summed E-state index contributed by atoms with van der Waals surface area (Å²) in [7, 11) is -1.30. The normalized spacial score (nSPS) is 18.5. The van der Waals surface area contributed by atoms with E-state index in [0.717, 1.165) is 11.6 Å². The standard InChI is InChI=1S/C25H33FN2O4Si/c1-33(2,3)16-15-31-24(29)27-20-13-14-28(23(17-20)21-11-7-8-12-22(21)26)25(30)32-18-19-9-5-4-6-10-19/h4-12,20,23H,13-18H2,1-3H3,(H,27,29)/t20-,23+/m1/s1. The van der Waals surface area contributed by atoms with Crippen LogP contribution in [-0.4, -0.2) is 44.4 Å². The Kier molecular flexibility index (Phi) is 8.49. The first-order valence-electron chi connectivity index (χ1n) is 11.4. The Morgan fingerprint density at radius 2 is 1.76 bits per heavy atom. The zero-order valence-electron chi connectivity index (χ0n) is 19.6. The molecule has 1 aliphatic heterocycles. The molecule has 0 saturated carbocycles. The number of nitrogens with zero attached hydrogens (tertiary/aromatic N) is 1. The van der Waals surface area contributed by atoms with Gasteiger partial charge in [-0.05, 0) is 30.5 Å². The SMILES string of the molecule is C[Si](C)(C)CCOC(=O)N[C@@H]1CCN(C(=O)OCc2ccccc2)[C@H](c2ccccc2F)C1. The summed E-state index contributed by atoms with van der Waals surface area (Å²) in [6.07, 6.45) is -0.0483. The first kappa shape index (κ1) is 24.8. The number of benzene rings is 2. The van der Waals surface area contributed by atoms with E-state index in [1.807, 2.05) is 30.3 Å². The lowest BCUT2D eigenvalue weighted by Gasteiger charge is -2.39. The molecule has 2 aromatic rings. The minimum atomic E-state index is -1.30. The predicted molar refractivity (Wildman–Crippen MR) is 128 cm³/mol. The molecule has 6 nitrogen and oxygen atoms in total. The fourth-order valence-corrected chi connectivity index (χ4v) is 4.53. The van der Waals surface area contributed by atoms with E-state index in [2.05, 4.69) is 25.0 Å². The van der Waals surface area contributed by atoms with Crippen LogP contribution in [0, 0.1) is 5.82 Å². The first-order chi connectivity index (χ1) is 15.7. The zero-order chi connectivity index (χ0) is 23.8. The molecule has 8 heteroatoms. The number of hydrogen-bond acceptors (Lipinski definition) is 4. The average Bonchev–Trinajstić information content (AvgIpc) is 2.77. The van der Waals surface area contributed by atoms with Crippen molar-refractivity contribution < 1.29 is 23.5 Å².